The van der Waals surface area contributed by atoms with E-state index in [1.807, 2.05) is 0 Å². The third-order valence-electron chi connectivity index (χ3n) is 4.68. The van der Waals surface area contributed by atoms with Crippen LogP contribution in [0.25, 0.3) is 0 Å². The highest BCUT2D eigenvalue weighted by Gasteiger charge is 2.37. The molecular weight excluding hydrogens is 212 g/mol. The summed E-state index contributed by atoms with van der Waals surface area (Å²) in [5.41, 5.74) is 5.78. The van der Waals surface area contributed by atoms with Gasteiger partial charge in [-0.1, -0.05) is 13.3 Å². The minimum atomic E-state index is 0.216. The number of nitrogens with zero attached hydrogens (tertiary/aromatic N) is 1. The second-order valence-corrected chi connectivity index (χ2v) is 6.06. The fourth-order valence-electron chi connectivity index (χ4n) is 3.45. The van der Waals surface area contributed by atoms with Crippen LogP contribution in [0.2, 0.25) is 0 Å². The molecule has 1 saturated carbocycles. The van der Waals surface area contributed by atoms with Crippen molar-refractivity contribution < 1.29 is 4.79 Å². The highest BCUT2D eigenvalue weighted by Crippen LogP contribution is 2.34. The third-order valence-corrected chi connectivity index (χ3v) is 4.68. The van der Waals surface area contributed by atoms with E-state index in [1.165, 1.54) is 12.8 Å². The second-order valence-electron chi connectivity index (χ2n) is 6.06. The van der Waals surface area contributed by atoms with Gasteiger partial charge in [0.25, 0.3) is 0 Å². The van der Waals surface area contributed by atoms with Crippen LogP contribution in [-0.2, 0) is 4.79 Å². The standard InChI is InChI=1S/C14H26N2O/c1-10-6-7-11(2)16(9-10)14(17)13-5-3-4-12(13)8-15/h10-13H,3-9,15H2,1-2H3/t10?,11?,12-,13-/m1/s1. The van der Waals surface area contributed by atoms with Crippen LogP contribution in [0, 0.1) is 17.8 Å². The Bertz CT molecular complexity index is 279. The maximum atomic E-state index is 12.6. The molecule has 2 N–H and O–H groups in total. The summed E-state index contributed by atoms with van der Waals surface area (Å²) >= 11 is 0. The molecule has 1 saturated heterocycles. The highest BCUT2D eigenvalue weighted by molar-refractivity contribution is 5.80. The zero-order valence-electron chi connectivity index (χ0n) is 11.2. The van der Waals surface area contributed by atoms with Crippen LogP contribution >= 0.6 is 0 Å². The highest BCUT2D eigenvalue weighted by atomic mass is 16.2. The molecule has 0 aromatic heterocycles. The molecule has 0 aromatic rings. The molecule has 1 heterocycles. The zero-order chi connectivity index (χ0) is 12.4. The van der Waals surface area contributed by atoms with Crippen molar-refractivity contribution in [3.63, 3.8) is 0 Å². The normalized spacial score (nSPS) is 38.4. The first kappa shape index (κ1) is 12.9. The minimum Gasteiger partial charge on any atom is -0.339 e. The third kappa shape index (κ3) is 2.65. The van der Waals surface area contributed by atoms with Gasteiger partial charge in [0, 0.05) is 18.5 Å². The molecule has 17 heavy (non-hydrogen) atoms. The van der Waals surface area contributed by atoms with E-state index < -0.39 is 0 Å². The van der Waals surface area contributed by atoms with Gasteiger partial charge in [-0.25, -0.2) is 0 Å². The quantitative estimate of drug-likeness (QED) is 0.800. The van der Waals surface area contributed by atoms with Gasteiger partial charge in [0.1, 0.15) is 0 Å². The van der Waals surface area contributed by atoms with E-state index in [2.05, 4.69) is 18.7 Å². The molecule has 0 radical (unpaired) electrons. The summed E-state index contributed by atoms with van der Waals surface area (Å²) in [4.78, 5) is 14.7. The van der Waals surface area contributed by atoms with E-state index in [-0.39, 0.29) is 5.92 Å². The molecule has 2 fully saturated rings. The molecule has 0 spiro atoms. The van der Waals surface area contributed by atoms with Gasteiger partial charge >= 0.3 is 0 Å². The lowest BCUT2D eigenvalue weighted by molar-refractivity contribution is -0.141. The van der Waals surface area contributed by atoms with Crippen molar-refractivity contribution in [2.75, 3.05) is 13.1 Å². The van der Waals surface area contributed by atoms with Crippen molar-refractivity contribution in [3.05, 3.63) is 0 Å². The lowest BCUT2D eigenvalue weighted by atomic mass is 9.90. The van der Waals surface area contributed by atoms with Gasteiger partial charge < -0.3 is 10.6 Å². The monoisotopic (exact) mass is 238 g/mol. The van der Waals surface area contributed by atoms with E-state index in [4.69, 9.17) is 5.73 Å². The SMILES string of the molecule is CC1CCC(C)N(C(=O)[C@@H]2CCC[C@@H]2CN)C1. The zero-order valence-corrected chi connectivity index (χ0v) is 11.2. The number of hydrogen-bond acceptors (Lipinski definition) is 2. The number of likely N-dealkylation sites (tertiary alicyclic amines) is 1. The van der Waals surface area contributed by atoms with Crippen molar-refractivity contribution in [1.29, 1.82) is 0 Å². The fourth-order valence-corrected chi connectivity index (χ4v) is 3.45. The molecule has 3 heteroatoms. The van der Waals surface area contributed by atoms with Crippen LogP contribution in [0.1, 0.15) is 46.0 Å². The minimum absolute atomic E-state index is 0.216. The molecule has 1 aliphatic heterocycles. The van der Waals surface area contributed by atoms with Crippen molar-refractivity contribution in [1.82, 2.24) is 4.90 Å². The molecule has 0 bridgehead atoms. The van der Waals surface area contributed by atoms with Crippen LogP contribution in [0.4, 0.5) is 0 Å². The first-order valence-corrected chi connectivity index (χ1v) is 7.14. The van der Waals surface area contributed by atoms with Crippen LogP contribution in [0.15, 0.2) is 0 Å². The van der Waals surface area contributed by atoms with Gasteiger partial charge in [0.2, 0.25) is 5.91 Å². The first-order chi connectivity index (χ1) is 8.13. The van der Waals surface area contributed by atoms with Crippen molar-refractivity contribution in [3.8, 4) is 0 Å². The summed E-state index contributed by atoms with van der Waals surface area (Å²) in [5, 5.41) is 0. The summed E-state index contributed by atoms with van der Waals surface area (Å²) in [6, 6.07) is 0.428. The first-order valence-electron chi connectivity index (χ1n) is 7.14. The fraction of sp³-hybridized carbons (Fsp3) is 0.929. The lowest BCUT2D eigenvalue weighted by Gasteiger charge is -2.39. The van der Waals surface area contributed by atoms with Crippen LogP contribution in [0.5, 0.6) is 0 Å². The van der Waals surface area contributed by atoms with Gasteiger partial charge in [-0.15, -0.1) is 0 Å². The molecular formula is C14H26N2O. The molecule has 2 rings (SSSR count). The number of amides is 1. The van der Waals surface area contributed by atoms with Crippen LogP contribution in [0.3, 0.4) is 0 Å². The molecule has 3 nitrogen and oxygen atoms in total. The summed E-state index contributed by atoms with van der Waals surface area (Å²) < 4.78 is 0. The maximum Gasteiger partial charge on any atom is 0.226 e. The molecule has 2 unspecified atom stereocenters. The Labute approximate surface area is 105 Å². The van der Waals surface area contributed by atoms with Gasteiger partial charge in [-0.2, -0.15) is 0 Å². The number of piperidine rings is 1. The van der Waals surface area contributed by atoms with Crippen molar-refractivity contribution in [2.24, 2.45) is 23.5 Å². The van der Waals surface area contributed by atoms with Gasteiger partial charge in [-0.3, -0.25) is 4.79 Å². The maximum absolute atomic E-state index is 12.6. The average Bonchev–Trinajstić information content (AvgIpc) is 2.79. The lowest BCUT2D eigenvalue weighted by Crippen LogP contribution is -2.48. The smallest absolute Gasteiger partial charge is 0.226 e. The summed E-state index contributed by atoms with van der Waals surface area (Å²) in [5.74, 6) is 1.70. The Morgan fingerprint density at radius 2 is 2.00 bits per heavy atom. The number of nitrogens with two attached hydrogens (primary N) is 1. The van der Waals surface area contributed by atoms with Crippen molar-refractivity contribution in [2.45, 2.75) is 52.0 Å². The second kappa shape index (κ2) is 5.38. The topological polar surface area (TPSA) is 46.3 Å². The Morgan fingerprint density at radius 3 is 2.71 bits per heavy atom. The van der Waals surface area contributed by atoms with Crippen LogP contribution < -0.4 is 5.73 Å². The summed E-state index contributed by atoms with van der Waals surface area (Å²) in [7, 11) is 0. The number of carbonyl (C=O) groups is 1. The van der Waals surface area contributed by atoms with Crippen molar-refractivity contribution >= 4 is 5.91 Å². The Morgan fingerprint density at radius 1 is 1.24 bits per heavy atom. The van der Waals surface area contributed by atoms with Crippen LogP contribution in [-0.4, -0.2) is 29.9 Å². The van der Waals surface area contributed by atoms with E-state index in [0.717, 1.165) is 25.8 Å². The summed E-state index contributed by atoms with van der Waals surface area (Å²) in [6.07, 6.45) is 5.79. The number of hydrogen-bond donors (Lipinski definition) is 1. The molecule has 98 valence electrons. The average molecular weight is 238 g/mol. The Hall–Kier alpha value is -0.570. The molecule has 1 aliphatic carbocycles. The summed E-state index contributed by atoms with van der Waals surface area (Å²) in [6.45, 7) is 6.07. The predicted octanol–water partition coefficient (Wildman–Crippen LogP) is 2.01. The Kier molecular flexibility index (Phi) is 4.08. The largest absolute Gasteiger partial charge is 0.339 e. The van der Waals surface area contributed by atoms with E-state index in [1.54, 1.807) is 0 Å². The van der Waals surface area contributed by atoms with E-state index in [0.29, 0.717) is 30.3 Å². The van der Waals surface area contributed by atoms with Gasteiger partial charge in [0.15, 0.2) is 0 Å². The van der Waals surface area contributed by atoms with E-state index >= 15 is 0 Å². The van der Waals surface area contributed by atoms with E-state index in [9.17, 15) is 4.79 Å². The predicted molar refractivity (Wildman–Crippen MR) is 69.5 cm³/mol. The molecule has 1 amide bonds. The Balaban J connectivity index is 2.02. The number of rotatable bonds is 2. The molecule has 0 aromatic carbocycles. The van der Waals surface area contributed by atoms with Gasteiger partial charge in [0.05, 0.1) is 0 Å². The molecule has 2 aliphatic rings. The molecule has 4 atom stereocenters. The number of carbonyl (C=O) groups excluding carboxylic acids is 1. The van der Waals surface area contributed by atoms with Gasteiger partial charge in [-0.05, 0) is 51.0 Å².